The highest BCUT2D eigenvalue weighted by molar-refractivity contribution is 5.73. The normalized spacial score (nSPS) is 26.3. The van der Waals surface area contributed by atoms with Crippen LogP contribution in [0.25, 0.3) is 11.4 Å². The molecule has 3 heterocycles. The average Bonchev–Trinajstić information content (AvgIpc) is 3.04. The largest absolute Gasteiger partial charge is 0.394 e. The van der Waals surface area contributed by atoms with Crippen LogP contribution in [-0.2, 0) is 22.6 Å². The second-order valence-electron chi connectivity index (χ2n) is 7.03. The van der Waals surface area contributed by atoms with Crippen LogP contribution < -0.4 is 11.0 Å². The molecule has 30 heavy (non-hydrogen) atoms. The number of aliphatic hydroxyl groups excluding tert-OH is 3. The van der Waals surface area contributed by atoms with Crippen LogP contribution in [0.15, 0.2) is 42.0 Å². The maximum Gasteiger partial charge on any atom is 0.346 e. The minimum atomic E-state index is -1.40. The SMILES string of the molecule is C=CCn1c(-c2ccncc2)nn(C[C@@H]2O[C@H](CO)[C@@H](O)[C@H](O)[C@H]2NC(C)=O)c1=O. The van der Waals surface area contributed by atoms with E-state index in [0.29, 0.717) is 11.4 Å². The van der Waals surface area contributed by atoms with Crippen molar-refractivity contribution < 1.29 is 24.9 Å². The van der Waals surface area contributed by atoms with Gasteiger partial charge in [0.15, 0.2) is 5.82 Å². The van der Waals surface area contributed by atoms with Crippen molar-refractivity contribution in [2.24, 2.45) is 0 Å². The minimum absolute atomic E-state index is 0.119. The predicted molar refractivity (Wildman–Crippen MR) is 105 cm³/mol. The Kier molecular flexibility index (Phi) is 6.77. The molecule has 11 heteroatoms. The molecule has 11 nitrogen and oxygen atoms in total. The van der Waals surface area contributed by atoms with Crippen molar-refractivity contribution in [3.05, 3.63) is 47.7 Å². The number of amides is 1. The first-order valence-electron chi connectivity index (χ1n) is 9.45. The van der Waals surface area contributed by atoms with Crippen LogP contribution >= 0.6 is 0 Å². The van der Waals surface area contributed by atoms with Crippen molar-refractivity contribution in [3.63, 3.8) is 0 Å². The summed E-state index contributed by atoms with van der Waals surface area (Å²) in [6, 6.07) is 2.43. The number of ether oxygens (including phenoxy) is 1. The minimum Gasteiger partial charge on any atom is -0.394 e. The average molecular weight is 419 g/mol. The standard InChI is InChI=1S/C19H25N5O6/c1-3-8-23-18(12-4-6-20-7-5-12)22-24(19(23)29)9-13-15(21-11(2)26)17(28)16(27)14(10-25)30-13/h3-7,13-17,25,27-28H,1,8-10H2,2H3,(H,21,26)/t13-,14+,15-,16+,17+/m0/s1. The molecule has 1 fully saturated rings. The molecule has 3 rings (SSSR count). The molecule has 0 spiro atoms. The zero-order chi connectivity index (χ0) is 21.8. The van der Waals surface area contributed by atoms with Gasteiger partial charge < -0.3 is 25.4 Å². The van der Waals surface area contributed by atoms with Gasteiger partial charge in [0.2, 0.25) is 5.91 Å². The predicted octanol–water partition coefficient (Wildman–Crippen LogP) is -1.72. The lowest BCUT2D eigenvalue weighted by Gasteiger charge is -2.42. The van der Waals surface area contributed by atoms with E-state index in [0.717, 1.165) is 4.68 Å². The third kappa shape index (κ3) is 4.33. The molecule has 162 valence electrons. The zero-order valence-corrected chi connectivity index (χ0v) is 16.5. The highest BCUT2D eigenvalue weighted by Gasteiger charge is 2.45. The van der Waals surface area contributed by atoms with Gasteiger partial charge in [-0.05, 0) is 12.1 Å². The second-order valence-corrected chi connectivity index (χ2v) is 7.03. The maximum atomic E-state index is 12.9. The molecule has 5 atom stereocenters. The summed E-state index contributed by atoms with van der Waals surface area (Å²) in [6.07, 6.45) is -0.0479. The Hall–Kier alpha value is -2.86. The second kappa shape index (κ2) is 9.30. The first kappa shape index (κ1) is 21.8. The molecule has 0 bridgehead atoms. The Morgan fingerprint density at radius 3 is 2.60 bits per heavy atom. The fourth-order valence-corrected chi connectivity index (χ4v) is 3.50. The number of hydrogen-bond donors (Lipinski definition) is 4. The topological polar surface area (TPSA) is 152 Å². The molecule has 0 aromatic carbocycles. The van der Waals surface area contributed by atoms with Crippen molar-refractivity contribution in [2.75, 3.05) is 6.61 Å². The number of carbonyl (C=O) groups excluding carboxylic acids is 1. The first-order chi connectivity index (χ1) is 14.4. The molecule has 1 aliphatic rings. The van der Waals surface area contributed by atoms with E-state index in [1.807, 2.05) is 0 Å². The third-order valence-electron chi connectivity index (χ3n) is 4.92. The summed E-state index contributed by atoms with van der Waals surface area (Å²) in [4.78, 5) is 28.5. The van der Waals surface area contributed by atoms with Gasteiger partial charge in [0.05, 0.1) is 19.2 Å². The van der Waals surface area contributed by atoms with Crippen LogP contribution in [-0.4, -0.2) is 77.6 Å². The lowest BCUT2D eigenvalue weighted by atomic mass is 9.92. The summed E-state index contributed by atoms with van der Waals surface area (Å²) < 4.78 is 8.28. The zero-order valence-electron chi connectivity index (χ0n) is 16.5. The molecule has 0 radical (unpaired) electrons. The lowest BCUT2D eigenvalue weighted by molar-refractivity contribution is -0.198. The van der Waals surface area contributed by atoms with Crippen LogP contribution in [0.1, 0.15) is 6.92 Å². The molecule has 1 amide bonds. The number of pyridine rings is 1. The van der Waals surface area contributed by atoms with Crippen molar-refractivity contribution >= 4 is 5.91 Å². The highest BCUT2D eigenvalue weighted by Crippen LogP contribution is 2.23. The van der Waals surface area contributed by atoms with Gasteiger partial charge in [-0.15, -0.1) is 11.7 Å². The van der Waals surface area contributed by atoms with E-state index < -0.39 is 48.7 Å². The molecule has 1 saturated heterocycles. The molecule has 2 aromatic heterocycles. The smallest absolute Gasteiger partial charge is 0.346 e. The van der Waals surface area contributed by atoms with E-state index in [4.69, 9.17) is 4.74 Å². The summed E-state index contributed by atoms with van der Waals surface area (Å²) in [7, 11) is 0. The third-order valence-corrected chi connectivity index (χ3v) is 4.92. The number of carbonyl (C=O) groups is 1. The van der Waals surface area contributed by atoms with Crippen LogP contribution in [0.5, 0.6) is 0 Å². The van der Waals surface area contributed by atoms with Crippen molar-refractivity contribution in [3.8, 4) is 11.4 Å². The Labute approximate surface area is 172 Å². The number of rotatable bonds is 7. The molecule has 4 N–H and O–H groups in total. The van der Waals surface area contributed by atoms with Gasteiger partial charge in [0.25, 0.3) is 0 Å². The van der Waals surface area contributed by atoms with Gasteiger partial charge in [-0.2, -0.15) is 0 Å². The lowest BCUT2D eigenvalue weighted by Crippen LogP contribution is -2.65. The molecule has 0 saturated carbocycles. The summed E-state index contributed by atoms with van der Waals surface area (Å²) in [5.41, 5.74) is 0.238. The number of allylic oxidation sites excluding steroid dienone is 1. The van der Waals surface area contributed by atoms with Crippen LogP contribution in [0.4, 0.5) is 0 Å². The quantitative estimate of drug-likeness (QED) is 0.387. The van der Waals surface area contributed by atoms with Crippen LogP contribution in [0.3, 0.4) is 0 Å². The van der Waals surface area contributed by atoms with Gasteiger partial charge in [0.1, 0.15) is 24.4 Å². The maximum absolute atomic E-state index is 12.9. The summed E-state index contributed by atoms with van der Waals surface area (Å²) >= 11 is 0. The van der Waals surface area contributed by atoms with E-state index in [1.165, 1.54) is 11.5 Å². The van der Waals surface area contributed by atoms with Crippen LogP contribution in [0, 0.1) is 0 Å². The number of aromatic nitrogens is 4. The first-order valence-corrected chi connectivity index (χ1v) is 9.45. The number of hydrogen-bond acceptors (Lipinski definition) is 8. The summed E-state index contributed by atoms with van der Waals surface area (Å²) in [5, 5.41) is 37.0. The number of aliphatic hydroxyl groups is 3. The van der Waals surface area contributed by atoms with Crippen molar-refractivity contribution in [1.82, 2.24) is 24.6 Å². The fraction of sp³-hybridized carbons (Fsp3) is 0.474. The summed E-state index contributed by atoms with van der Waals surface area (Å²) in [6.45, 7) is 4.50. The van der Waals surface area contributed by atoms with Gasteiger partial charge in [-0.1, -0.05) is 6.08 Å². The van der Waals surface area contributed by atoms with E-state index in [2.05, 4.69) is 22.0 Å². The van der Waals surface area contributed by atoms with Crippen molar-refractivity contribution in [1.29, 1.82) is 0 Å². The molecular formula is C19H25N5O6. The van der Waals surface area contributed by atoms with Crippen molar-refractivity contribution in [2.45, 2.75) is 50.5 Å². The molecule has 2 aromatic rings. The molecule has 0 aliphatic carbocycles. The Balaban J connectivity index is 1.97. The van der Waals surface area contributed by atoms with Crippen LogP contribution in [0.2, 0.25) is 0 Å². The van der Waals surface area contributed by atoms with Gasteiger partial charge in [-0.3, -0.25) is 14.3 Å². The number of nitrogens with zero attached hydrogens (tertiary/aromatic N) is 4. The Bertz CT molecular complexity index is 943. The molecule has 0 unspecified atom stereocenters. The molecule has 1 aliphatic heterocycles. The van der Waals surface area contributed by atoms with Gasteiger partial charge in [0, 0.05) is 31.4 Å². The number of nitrogens with one attached hydrogen (secondary N) is 1. The Morgan fingerprint density at radius 2 is 2.00 bits per heavy atom. The van der Waals surface area contributed by atoms with E-state index in [-0.39, 0.29) is 13.1 Å². The van der Waals surface area contributed by atoms with Gasteiger partial charge in [-0.25, -0.2) is 9.48 Å². The molecular weight excluding hydrogens is 394 g/mol. The fourth-order valence-electron chi connectivity index (χ4n) is 3.50. The van der Waals surface area contributed by atoms with E-state index in [1.54, 1.807) is 30.6 Å². The highest BCUT2D eigenvalue weighted by atomic mass is 16.5. The van der Waals surface area contributed by atoms with E-state index >= 15 is 0 Å². The van der Waals surface area contributed by atoms with E-state index in [9.17, 15) is 24.9 Å². The monoisotopic (exact) mass is 419 g/mol. The Morgan fingerprint density at radius 1 is 1.30 bits per heavy atom. The summed E-state index contributed by atoms with van der Waals surface area (Å²) in [5.74, 6) is -0.0437. The van der Waals surface area contributed by atoms with Gasteiger partial charge >= 0.3 is 5.69 Å².